The van der Waals surface area contributed by atoms with Crippen molar-refractivity contribution in [3.05, 3.63) is 0 Å². The van der Waals surface area contributed by atoms with Crippen molar-refractivity contribution in [1.82, 2.24) is 9.80 Å². The van der Waals surface area contributed by atoms with Crippen molar-refractivity contribution in [2.45, 2.75) is 50.1 Å². The standard InChI is InChI=1S/C15H29N3O2S/c16-12-15(6-4-10-21(19,20)13-15)18-9-5-14(11-18)17-7-2-1-3-8-17/h14H,1-13,16H2. The molecule has 0 aromatic rings. The molecule has 0 spiro atoms. The van der Waals surface area contributed by atoms with Gasteiger partial charge in [0.1, 0.15) is 0 Å². The van der Waals surface area contributed by atoms with Crippen LogP contribution in [0.2, 0.25) is 0 Å². The highest BCUT2D eigenvalue weighted by Crippen LogP contribution is 2.33. The zero-order valence-electron chi connectivity index (χ0n) is 13.0. The van der Waals surface area contributed by atoms with Gasteiger partial charge in [0.05, 0.1) is 11.5 Å². The van der Waals surface area contributed by atoms with E-state index in [0.717, 1.165) is 25.9 Å². The maximum Gasteiger partial charge on any atom is 0.152 e. The number of likely N-dealkylation sites (tertiary alicyclic amines) is 2. The molecular formula is C15H29N3O2S. The van der Waals surface area contributed by atoms with E-state index in [1.807, 2.05) is 0 Å². The average molecular weight is 315 g/mol. The summed E-state index contributed by atoms with van der Waals surface area (Å²) in [5.74, 6) is 0.612. The van der Waals surface area contributed by atoms with Gasteiger partial charge >= 0.3 is 0 Å². The maximum atomic E-state index is 12.1. The van der Waals surface area contributed by atoms with Crippen LogP contribution < -0.4 is 5.73 Å². The normalized spacial score (nSPS) is 38.6. The van der Waals surface area contributed by atoms with E-state index in [9.17, 15) is 8.42 Å². The highest BCUT2D eigenvalue weighted by Gasteiger charge is 2.45. The van der Waals surface area contributed by atoms with Crippen molar-refractivity contribution in [3.8, 4) is 0 Å². The number of hydrogen-bond acceptors (Lipinski definition) is 5. The van der Waals surface area contributed by atoms with Crippen LogP contribution in [0.5, 0.6) is 0 Å². The first-order chi connectivity index (χ1) is 10.0. The summed E-state index contributed by atoms with van der Waals surface area (Å²) in [5, 5.41) is 0. The number of sulfone groups is 1. The van der Waals surface area contributed by atoms with Crippen LogP contribution in [0.25, 0.3) is 0 Å². The minimum Gasteiger partial charge on any atom is -0.329 e. The summed E-state index contributed by atoms with van der Waals surface area (Å²) in [5.41, 5.74) is 5.75. The quantitative estimate of drug-likeness (QED) is 0.819. The molecule has 3 rings (SSSR count). The number of rotatable bonds is 3. The van der Waals surface area contributed by atoms with Crippen LogP contribution in [0.4, 0.5) is 0 Å². The van der Waals surface area contributed by atoms with Crippen molar-refractivity contribution < 1.29 is 8.42 Å². The lowest BCUT2D eigenvalue weighted by Gasteiger charge is -2.44. The Morgan fingerprint density at radius 1 is 1.10 bits per heavy atom. The van der Waals surface area contributed by atoms with Crippen LogP contribution >= 0.6 is 0 Å². The summed E-state index contributed by atoms with van der Waals surface area (Å²) in [6.45, 7) is 4.92. The number of nitrogens with zero attached hydrogens (tertiary/aromatic N) is 2. The molecule has 3 saturated heterocycles. The van der Waals surface area contributed by atoms with E-state index in [1.165, 1.54) is 38.8 Å². The zero-order valence-corrected chi connectivity index (χ0v) is 13.8. The molecular weight excluding hydrogens is 286 g/mol. The summed E-state index contributed by atoms with van der Waals surface area (Å²) < 4.78 is 24.1. The third-order valence-corrected chi connectivity index (χ3v) is 7.60. The fourth-order valence-electron chi connectivity index (χ4n) is 4.47. The Bertz CT molecular complexity index is 462. The second-order valence-corrected chi connectivity index (χ2v) is 9.29. The predicted molar refractivity (Wildman–Crippen MR) is 85.1 cm³/mol. The lowest BCUT2D eigenvalue weighted by molar-refractivity contribution is 0.105. The van der Waals surface area contributed by atoms with Gasteiger partial charge in [0, 0.05) is 31.2 Å². The Morgan fingerprint density at radius 2 is 1.86 bits per heavy atom. The van der Waals surface area contributed by atoms with E-state index >= 15 is 0 Å². The molecule has 3 heterocycles. The fourth-order valence-corrected chi connectivity index (χ4v) is 6.46. The van der Waals surface area contributed by atoms with E-state index in [4.69, 9.17) is 5.73 Å². The molecule has 0 amide bonds. The summed E-state index contributed by atoms with van der Waals surface area (Å²) in [6, 6.07) is 0.610. The minimum atomic E-state index is -2.92. The van der Waals surface area contributed by atoms with Crippen LogP contribution in [0.1, 0.15) is 38.5 Å². The summed E-state index contributed by atoms with van der Waals surface area (Å²) >= 11 is 0. The molecule has 6 heteroatoms. The van der Waals surface area contributed by atoms with Crippen LogP contribution in [-0.4, -0.2) is 74.0 Å². The van der Waals surface area contributed by atoms with E-state index in [-0.39, 0.29) is 11.3 Å². The average Bonchev–Trinajstić information content (AvgIpc) is 2.97. The van der Waals surface area contributed by atoms with E-state index < -0.39 is 9.84 Å². The largest absolute Gasteiger partial charge is 0.329 e. The molecule has 21 heavy (non-hydrogen) atoms. The van der Waals surface area contributed by atoms with Crippen LogP contribution in [0.3, 0.4) is 0 Å². The van der Waals surface area contributed by atoms with Crippen molar-refractivity contribution in [3.63, 3.8) is 0 Å². The molecule has 122 valence electrons. The number of piperidine rings is 1. The van der Waals surface area contributed by atoms with Crippen molar-refractivity contribution >= 4 is 9.84 Å². The van der Waals surface area contributed by atoms with E-state index in [1.54, 1.807) is 0 Å². The molecule has 0 bridgehead atoms. The fraction of sp³-hybridized carbons (Fsp3) is 1.00. The van der Waals surface area contributed by atoms with Gasteiger partial charge in [0.2, 0.25) is 0 Å². The molecule has 3 aliphatic rings. The van der Waals surface area contributed by atoms with Crippen molar-refractivity contribution in [1.29, 1.82) is 0 Å². The van der Waals surface area contributed by atoms with Gasteiger partial charge in [-0.2, -0.15) is 0 Å². The number of nitrogens with two attached hydrogens (primary N) is 1. The molecule has 2 atom stereocenters. The smallest absolute Gasteiger partial charge is 0.152 e. The third-order valence-electron chi connectivity index (χ3n) is 5.71. The zero-order chi connectivity index (χ0) is 14.9. The monoisotopic (exact) mass is 315 g/mol. The highest BCUT2D eigenvalue weighted by atomic mass is 32.2. The first-order valence-corrected chi connectivity index (χ1v) is 10.3. The van der Waals surface area contributed by atoms with Crippen LogP contribution in [0, 0.1) is 0 Å². The Morgan fingerprint density at radius 3 is 2.52 bits per heavy atom. The van der Waals surface area contributed by atoms with Crippen molar-refractivity contribution in [2.24, 2.45) is 5.73 Å². The Hall–Kier alpha value is -0.170. The van der Waals surface area contributed by atoms with Gasteiger partial charge in [0.25, 0.3) is 0 Å². The molecule has 5 nitrogen and oxygen atoms in total. The first kappa shape index (κ1) is 15.7. The molecule has 0 aromatic heterocycles. The molecule has 2 N–H and O–H groups in total. The topological polar surface area (TPSA) is 66.6 Å². The Kier molecular flexibility index (Phi) is 4.60. The second-order valence-electron chi connectivity index (χ2n) is 7.11. The second kappa shape index (κ2) is 6.14. The number of hydrogen-bond donors (Lipinski definition) is 1. The lowest BCUT2D eigenvalue weighted by Crippen LogP contribution is -2.60. The molecule has 0 aromatic carbocycles. The van der Waals surface area contributed by atoms with Gasteiger partial charge in [0.15, 0.2) is 9.84 Å². The molecule has 3 aliphatic heterocycles. The van der Waals surface area contributed by atoms with Gasteiger partial charge in [-0.15, -0.1) is 0 Å². The van der Waals surface area contributed by atoms with Gasteiger partial charge in [-0.25, -0.2) is 8.42 Å². The molecule has 0 saturated carbocycles. The van der Waals surface area contributed by atoms with Gasteiger partial charge in [-0.3, -0.25) is 9.80 Å². The summed E-state index contributed by atoms with van der Waals surface area (Å²) in [6.07, 6.45) is 6.86. The molecule has 2 unspecified atom stereocenters. The summed E-state index contributed by atoms with van der Waals surface area (Å²) in [7, 11) is -2.92. The van der Waals surface area contributed by atoms with Crippen molar-refractivity contribution in [2.75, 3.05) is 44.2 Å². The van der Waals surface area contributed by atoms with E-state index in [0.29, 0.717) is 18.3 Å². The van der Waals surface area contributed by atoms with Gasteiger partial charge in [-0.1, -0.05) is 6.42 Å². The first-order valence-electron chi connectivity index (χ1n) is 8.44. The third kappa shape index (κ3) is 3.28. The van der Waals surface area contributed by atoms with Crippen LogP contribution in [-0.2, 0) is 9.84 Å². The van der Waals surface area contributed by atoms with E-state index in [2.05, 4.69) is 9.80 Å². The Balaban J connectivity index is 1.68. The lowest BCUT2D eigenvalue weighted by atomic mass is 9.93. The molecule has 3 fully saturated rings. The van der Waals surface area contributed by atoms with Gasteiger partial charge < -0.3 is 5.73 Å². The SMILES string of the molecule is NCC1(N2CCC(N3CCCCC3)C2)CCCS(=O)(=O)C1. The summed E-state index contributed by atoms with van der Waals surface area (Å²) in [4.78, 5) is 5.02. The van der Waals surface area contributed by atoms with Gasteiger partial charge in [-0.05, 0) is 45.2 Å². The Labute approximate surface area is 128 Å². The minimum absolute atomic E-state index is 0.267. The molecule has 0 aliphatic carbocycles. The highest BCUT2D eigenvalue weighted by molar-refractivity contribution is 7.91. The predicted octanol–water partition coefficient (Wildman–Crippen LogP) is 0.453. The molecule has 0 radical (unpaired) electrons. The van der Waals surface area contributed by atoms with Crippen LogP contribution in [0.15, 0.2) is 0 Å². The maximum absolute atomic E-state index is 12.1.